The summed E-state index contributed by atoms with van der Waals surface area (Å²) in [5.41, 5.74) is 4.25. The minimum absolute atomic E-state index is 0.302. The van der Waals surface area contributed by atoms with Crippen LogP contribution in [0.1, 0.15) is 18.4 Å². The molecule has 2 atom stereocenters. The fraction of sp³-hybridized carbons (Fsp3) is 0.538. The van der Waals surface area contributed by atoms with Crippen LogP contribution in [0, 0.1) is 5.92 Å². The van der Waals surface area contributed by atoms with Crippen molar-refractivity contribution < 1.29 is 4.74 Å². The summed E-state index contributed by atoms with van der Waals surface area (Å²) in [7, 11) is 0. The van der Waals surface area contributed by atoms with Gasteiger partial charge in [0.05, 0.1) is 6.61 Å². The van der Waals surface area contributed by atoms with E-state index in [1.54, 1.807) is 0 Å². The van der Waals surface area contributed by atoms with E-state index in [4.69, 9.17) is 10.6 Å². The molecule has 0 aliphatic carbocycles. The van der Waals surface area contributed by atoms with Crippen molar-refractivity contribution in [2.24, 2.45) is 11.8 Å². The first-order valence-corrected chi connectivity index (χ1v) is 6.87. The van der Waals surface area contributed by atoms with Crippen LogP contribution in [0.4, 0.5) is 0 Å². The van der Waals surface area contributed by atoms with Gasteiger partial charge in [-0.15, -0.1) is 0 Å². The Kier molecular flexibility index (Phi) is 4.98. The van der Waals surface area contributed by atoms with Crippen LogP contribution in [0.5, 0.6) is 0 Å². The highest BCUT2D eigenvalue weighted by Crippen LogP contribution is 2.20. The molecule has 2 unspecified atom stereocenters. The summed E-state index contributed by atoms with van der Waals surface area (Å²) in [6, 6.07) is 8.72. The average Bonchev–Trinajstić information content (AvgIpc) is 2.39. The molecular weight excluding hydrogens is 280 g/mol. The summed E-state index contributed by atoms with van der Waals surface area (Å²) >= 11 is 3.45. The molecule has 17 heavy (non-hydrogen) atoms. The third-order valence-electron chi connectivity index (χ3n) is 3.35. The van der Waals surface area contributed by atoms with Crippen molar-refractivity contribution in [2.75, 3.05) is 13.2 Å². The van der Waals surface area contributed by atoms with E-state index in [9.17, 15) is 0 Å². The molecule has 1 fully saturated rings. The second kappa shape index (κ2) is 6.50. The number of hydrogen-bond donors (Lipinski definition) is 2. The Morgan fingerprint density at radius 3 is 2.76 bits per heavy atom. The van der Waals surface area contributed by atoms with Gasteiger partial charge < -0.3 is 4.74 Å². The van der Waals surface area contributed by atoms with Gasteiger partial charge in [0.25, 0.3) is 0 Å². The molecule has 0 spiro atoms. The molecule has 1 aliphatic rings. The number of halogens is 1. The fourth-order valence-corrected chi connectivity index (χ4v) is 2.58. The van der Waals surface area contributed by atoms with E-state index >= 15 is 0 Å². The summed E-state index contributed by atoms with van der Waals surface area (Å²) in [4.78, 5) is 0. The summed E-state index contributed by atoms with van der Waals surface area (Å²) in [6.45, 7) is 1.72. The Labute approximate surface area is 111 Å². The maximum Gasteiger partial charge on any atom is 0.0509 e. The van der Waals surface area contributed by atoms with Crippen molar-refractivity contribution in [3.8, 4) is 0 Å². The highest BCUT2D eigenvalue weighted by molar-refractivity contribution is 9.10. The normalized spacial score (nSPS) is 22.4. The first-order valence-electron chi connectivity index (χ1n) is 6.08. The maximum absolute atomic E-state index is 5.67. The Balaban J connectivity index is 1.96. The van der Waals surface area contributed by atoms with Gasteiger partial charge in [-0.2, -0.15) is 0 Å². The molecule has 0 saturated carbocycles. The zero-order valence-corrected chi connectivity index (χ0v) is 11.4. The lowest BCUT2D eigenvalue weighted by molar-refractivity contribution is 0.0393. The van der Waals surface area contributed by atoms with E-state index in [2.05, 4.69) is 45.6 Å². The predicted octanol–water partition coefficient (Wildman–Crippen LogP) is 2.25. The molecule has 0 aromatic heterocycles. The number of ether oxygens (including phenoxy) is 1. The van der Waals surface area contributed by atoms with Gasteiger partial charge in [-0.05, 0) is 42.9 Å². The largest absolute Gasteiger partial charge is 0.381 e. The van der Waals surface area contributed by atoms with E-state index in [0.717, 1.165) is 30.5 Å². The van der Waals surface area contributed by atoms with Crippen LogP contribution in [-0.4, -0.2) is 19.3 Å². The van der Waals surface area contributed by atoms with Gasteiger partial charge in [0.15, 0.2) is 0 Å². The van der Waals surface area contributed by atoms with Crippen LogP contribution in [0.3, 0.4) is 0 Å². The zero-order chi connectivity index (χ0) is 12.1. The van der Waals surface area contributed by atoms with Gasteiger partial charge in [0.2, 0.25) is 0 Å². The third-order valence-corrected chi connectivity index (χ3v) is 3.88. The number of benzene rings is 1. The molecule has 1 aromatic rings. The molecule has 1 saturated heterocycles. The summed E-state index contributed by atoms with van der Waals surface area (Å²) in [5.74, 6) is 6.19. The van der Waals surface area contributed by atoms with Crippen molar-refractivity contribution in [1.82, 2.24) is 5.43 Å². The third kappa shape index (κ3) is 3.78. The van der Waals surface area contributed by atoms with Gasteiger partial charge >= 0.3 is 0 Å². The van der Waals surface area contributed by atoms with Crippen LogP contribution in [0.15, 0.2) is 28.7 Å². The first kappa shape index (κ1) is 13.0. The molecule has 3 N–H and O–H groups in total. The minimum atomic E-state index is 0.302. The molecule has 1 aliphatic heterocycles. The first-order chi connectivity index (χ1) is 8.29. The van der Waals surface area contributed by atoms with Crippen LogP contribution < -0.4 is 11.3 Å². The van der Waals surface area contributed by atoms with E-state index in [-0.39, 0.29) is 0 Å². The molecule has 4 heteroatoms. The molecule has 1 heterocycles. The van der Waals surface area contributed by atoms with E-state index in [1.807, 2.05) is 0 Å². The Bertz CT molecular complexity index is 336. The van der Waals surface area contributed by atoms with Crippen molar-refractivity contribution in [1.29, 1.82) is 0 Å². The van der Waals surface area contributed by atoms with Crippen molar-refractivity contribution in [3.63, 3.8) is 0 Å². The Morgan fingerprint density at radius 2 is 2.18 bits per heavy atom. The topological polar surface area (TPSA) is 47.3 Å². The SMILES string of the molecule is NNC(Cc1ccc(Br)cc1)C1CCCOC1. The highest BCUT2D eigenvalue weighted by atomic mass is 79.9. The van der Waals surface area contributed by atoms with Gasteiger partial charge in [-0.3, -0.25) is 11.3 Å². The van der Waals surface area contributed by atoms with Crippen LogP contribution >= 0.6 is 15.9 Å². The minimum Gasteiger partial charge on any atom is -0.381 e. The van der Waals surface area contributed by atoms with Gasteiger partial charge in [0.1, 0.15) is 0 Å². The highest BCUT2D eigenvalue weighted by Gasteiger charge is 2.23. The summed E-state index contributed by atoms with van der Waals surface area (Å²) in [6.07, 6.45) is 3.30. The average molecular weight is 299 g/mol. The second-order valence-corrected chi connectivity index (χ2v) is 5.50. The predicted molar refractivity (Wildman–Crippen MR) is 72.5 cm³/mol. The number of rotatable bonds is 4. The number of hydrazine groups is 1. The van der Waals surface area contributed by atoms with E-state index in [0.29, 0.717) is 12.0 Å². The quantitative estimate of drug-likeness (QED) is 0.662. The fourth-order valence-electron chi connectivity index (χ4n) is 2.32. The maximum atomic E-state index is 5.67. The van der Waals surface area contributed by atoms with Gasteiger partial charge in [-0.25, -0.2) is 0 Å². The smallest absolute Gasteiger partial charge is 0.0509 e. The van der Waals surface area contributed by atoms with Crippen molar-refractivity contribution in [2.45, 2.75) is 25.3 Å². The lowest BCUT2D eigenvalue weighted by Crippen LogP contribution is -2.45. The monoisotopic (exact) mass is 298 g/mol. The van der Waals surface area contributed by atoms with E-state index in [1.165, 1.54) is 12.0 Å². The lowest BCUT2D eigenvalue weighted by Gasteiger charge is -2.29. The molecule has 2 rings (SSSR count). The standard InChI is InChI=1S/C13H19BrN2O/c14-12-5-3-10(4-6-12)8-13(16-15)11-2-1-7-17-9-11/h3-6,11,13,16H,1-2,7-9,15H2. The van der Waals surface area contributed by atoms with Crippen LogP contribution in [0.25, 0.3) is 0 Å². The zero-order valence-electron chi connectivity index (χ0n) is 9.86. The molecule has 0 bridgehead atoms. The van der Waals surface area contributed by atoms with Crippen LogP contribution in [0.2, 0.25) is 0 Å². The Morgan fingerprint density at radius 1 is 1.41 bits per heavy atom. The molecule has 1 aromatic carbocycles. The number of nitrogens with two attached hydrogens (primary N) is 1. The van der Waals surface area contributed by atoms with Crippen molar-refractivity contribution >= 4 is 15.9 Å². The molecule has 0 radical (unpaired) electrons. The van der Waals surface area contributed by atoms with Gasteiger partial charge in [-0.1, -0.05) is 28.1 Å². The Hall–Kier alpha value is -0.420. The summed E-state index contributed by atoms with van der Waals surface area (Å²) in [5, 5.41) is 0. The molecule has 3 nitrogen and oxygen atoms in total. The van der Waals surface area contributed by atoms with E-state index < -0.39 is 0 Å². The summed E-state index contributed by atoms with van der Waals surface area (Å²) < 4.78 is 6.63. The molecule has 0 amide bonds. The number of hydrogen-bond acceptors (Lipinski definition) is 3. The molecule has 94 valence electrons. The van der Waals surface area contributed by atoms with Gasteiger partial charge in [0, 0.05) is 17.1 Å². The molecular formula is C13H19BrN2O. The second-order valence-electron chi connectivity index (χ2n) is 4.58. The number of nitrogens with one attached hydrogen (secondary N) is 1. The lowest BCUT2D eigenvalue weighted by atomic mass is 9.90. The van der Waals surface area contributed by atoms with Crippen LogP contribution in [-0.2, 0) is 11.2 Å². The van der Waals surface area contributed by atoms with Crippen molar-refractivity contribution in [3.05, 3.63) is 34.3 Å².